The highest BCUT2D eigenvalue weighted by Crippen LogP contribution is 2.42. The molecular formula is C16H8F3N3O4. The molecule has 1 unspecified atom stereocenters. The Hall–Kier alpha value is -3.24. The van der Waals surface area contributed by atoms with Gasteiger partial charge in [-0.3, -0.25) is 10.1 Å². The van der Waals surface area contributed by atoms with E-state index in [9.17, 15) is 33.7 Å². The Morgan fingerprint density at radius 1 is 1.08 bits per heavy atom. The zero-order valence-electron chi connectivity index (χ0n) is 12.7. The van der Waals surface area contributed by atoms with E-state index in [4.69, 9.17) is 0 Å². The van der Waals surface area contributed by atoms with E-state index in [1.54, 1.807) is 0 Å². The fourth-order valence-corrected chi connectivity index (χ4v) is 3.07. The lowest BCUT2D eigenvalue weighted by Crippen LogP contribution is -2.50. The third kappa shape index (κ3) is 2.13. The van der Waals surface area contributed by atoms with Crippen LogP contribution in [-0.4, -0.2) is 15.5 Å². The number of rotatable bonds is 1. The molecule has 1 atom stereocenters. The van der Waals surface area contributed by atoms with E-state index in [2.05, 4.69) is 0 Å². The Labute approximate surface area is 142 Å². The van der Waals surface area contributed by atoms with Gasteiger partial charge in [-0.1, -0.05) is 0 Å². The van der Waals surface area contributed by atoms with E-state index < -0.39 is 21.3 Å². The van der Waals surface area contributed by atoms with Crippen LogP contribution in [0.5, 0.6) is 0 Å². The van der Waals surface area contributed by atoms with Crippen LogP contribution >= 0.6 is 0 Å². The molecule has 2 heterocycles. The van der Waals surface area contributed by atoms with Gasteiger partial charge >= 0.3 is 12.0 Å². The first-order valence-electron chi connectivity index (χ1n) is 7.27. The molecule has 0 amide bonds. The van der Waals surface area contributed by atoms with Gasteiger partial charge in [0, 0.05) is 22.6 Å². The lowest BCUT2D eigenvalue weighted by atomic mass is 10.1. The minimum absolute atomic E-state index is 0.0394. The standard InChI is InChI=1S/C16H8F3N3O4/c17-16(18,19)11-2-1-9-8-22(26)14-4-3-12(21(24)25)7-13(14)20(23)15(22)6-10(9)5-11/h1-8H. The van der Waals surface area contributed by atoms with Crippen molar-refractivity contribution in [3.63, 3.8) is 0 Å². The second-order valence-corrected chi connectivity index (χ2v) is 5.86. The van der Waals surface area contributed by atoms with E-state index in [1.165, 1.54) is 6.07 Å². The van der Waals surface area contributed by atoms with Gasteiger partial charge in [0.15, 0.2) is 0 Å². The number of alkyl halides is 3. The van der Waals surface area contributed by atoms with E-state index >= 15 is 0 Å². The summed E-state index contributed by atoms with van der Waals surface area (Å²) < 4.78 is 37.5. The number of quaternary nitrogens is 1. The quantitative estimate of drug-likeness (QED) is 0.255. The van der Waals surface area contributed by atoms with Crippen LogP contribution in [0.2, 0.25) is 0 Å². The molecule has 0 aromatic heterocycles. The summed E-state index contributed by atoms with van der Waals surface area (Å²) in [5.74, 6) is -0.382. The first kappa shape index (κ1) is 16.2. The largest absolute Gasteiger partial charge is 0.614 e. The normalized spacial score (nSPS) is 20.6. The number of halogens is 3. The Balaban J connectivity index is 1.99. The van der Waals surface area contributed by atoms with Crippen LogP contribution < -0.4 is 15.1 Å². The SMILES string of the molecule is O=[N+]([O-])c1ccc2c(c1)[N+]([O-])=C1C=c3cc(C(F)(F)F)ccc3=C[N+]12[O-]. The molecule has 0 bridgehead atoms. The maximum Gasteiger partial charge on any atom is 0.416 e. The number of nitrogens with zero attached hydrogens (tertiary/aromatic N) is 3. The molecule has 0 saturated heterocycles. The molecule has 7 nitrogen and oxygen atoms in total. The van der Waals surface area contributed by atoms with Gasteiger partial charge in [-0.15, -0.1) is 4.74 Å². The van der Waals surface area contributed by atoms with Crippen LogP contribution in [-0.2, 0) is 6.18 Å². The van der Waals surface area contributed by atoms with Gasteiger partial charge in [0.1, 0.15) is 6.20 Å². The molecular weight excluding hydrogens is 355 g/mol. The van der Waals surface area contributed by atoms with E-state index in [1.807, 2.05) is 0 Å². The molecule has 0 saturated carbocycles. The summed E-state index contributed by atoms with van der Waals surface area (Å²) in [6.45, 7) is 0. The van der Waals surface area contributed by atoms with Crippen molar-refractivity contribution < 1.29 is 22.8 Å². The van der Waals surface area contributed by atoms with Crippen LogP contribution in [0.15, 0.2) is 36.4 Å². The highest BCUT2D eigenvalue weighted by atomic mass is 19.4. The minimum atomic E-state index is -4.56. The lowest BCUT2D eigenvalue weighted by molar-refractivity contribution is -0.387. The average molecular weight is 363 g/mol. The summed E-state index contributed by atoms with van der Waals surface area (Å²) in [4.78, 5) is 10.2. The minimum Gasteiger partial charge on any atom is -0.614 e. The Kier molecular flexibility index (Phi) is 3.06. The topological polar surface area (TPSA) is 92.3 Å². The van der Waals surface area contributed by atoms with Crippen molar-refractivity contribution in [2.75, 3.05) is 0 Å². The van der Waals surface area contributed by atoms with Gasteiger partial charge in [-0.05, 0) is 18.2 Å². The molecule has 0 spiro atoms. The number of hydroxylamine groups is 2. The number of amidine groups is 1. The molecule has 2 aromatic carbocycles. The molecule has 2 aromatic rings. The number of nitro benzene ring substituents is 1. The number of non-ortho nitro benzene ring substituents is 1. The maximum absolute atomic E-state index is 13.2. The zero-order valence-corrected chi connectivity index (χ0v) is 12.7. The van der Waals surface area contributed by atoms with Crippen molar-refractivity contribution in [2.24, 2.45) is 0 Å². The van der Waals surface area contributed by atoms with E-state index in [-0.39, 0.29) is 38.1 Å². The number of hydrogen-bond donors (Lipinski definition) is 0. The van der Waals surface area contributed by atoms with Gasteiger partial charge in [0.2, 0.25) is 5.69 Å². The Bertz CT molecular complexity index is 1140. The van der Waals surface area contributed by atoms with Crippen LogP contribution in [0.3, 0.4) is 0 Å². The highest BCUT2D eigenvalue weighted by molar-refractivity contribution is 6.19. The second-order valence-electron chi connectivity index (χ2n) is 5.86. The first-order chi connectivity index (χ1) is 12.1. The third-order valence-electron chi connectivity index (χ3n) is 4.31. The maximum atomic E-state index is 13.2. The molecule has 2 aliphatic heterocycles. The highest BCUT2D eigenvalue weighted by Gasteiger charge is 2.46. The molecule has 0 aliphatic carbocycles. The first-order valence-corrected chi connectivity index (χ1v) is 7.27. The molecule has 4 rings (SSSR count). The molecule has 0 N–H and O–H groups in total. The van der Waals surface area contributed by atoms with Crippen LogP contribution in [0, 0.1) is 20.5 Å². The molecule has 0 radical (unpaired) electrons. The lowest BCUT2D eigenvalue weighted by Gasteiger charge is -2.30. The predicted molar refractivity (Wildman–Crippen MR) is 86.2 cm³/mol. The van der Waals surface area contributed by atoms with Crippen LogP contribution in [0.25, 0.3) is 12.3 Å². The van der Waals surface area contributed by atoms with Gasteiger partial charge in [0.25, 0.3) is 11.4 Å². The summed E-state index contributed by atoms with van der Waals surface area (Å²) in [6.07, 6.45) is -2.38. The predicted octanol–water partition coefficient (Wildman–Crippen LogP) is 2.20. The monoisotopic (exact) mass is 363 g/mol. The van der Waals surface area contributed by atoms with E-state index in [0.29, 0.717) is 0 Å². The van der Waals surface area contributed by atoms with Gasteiger partial charge in [-0.25, -0.2) is 4.65 Å². The summed E-state index contributed by atoms with van der Waals surface area (Å²) in [5, 5.41) is 36.9. The van der Waals surface area contributed by atoms with Crippen molar-refractivity contribution in [2.45, 2.75) is 6.18 Å². The molecule has 10 heteroatoms. The van der Waals surface area contributed by atoms with Crippen molar-refractivity contribution >= 4 is 35.2 Å². The average Bonchev–Trinajstić information content (AvgIpc) is 2.79. The third-order valence-corrected chi connectivity index (χ3v) is 4.31. The fraction of sp³-hybridized carbons (Fsp3) is 0.0625. The smallest absolute Gasteiger partial charge is 0.416 e. The Morgan fingerprint density at radius 2 is 1.81 bits per heavy atom. The number of fused-ring (bicyclic) bond motifs is 4. The molecule has 2 aliphatic rings. The summed E-state index contributed by atoms with van der Waals surface area (Å²) >= 11 is 0. The number of hydrogen-bond acceptors (Lipinski definition) is 4. The van der Waals surface area contributed by atoms with Crippen LogP contribution in [0.1, 0.15) is 5.56 Å². The number of benzene rings is 2. The summed E-state index contributed by atoms with van der Waals surface area (Å²) in [6, 6.07) is 6.10. The van der Waals surface area contributed by atoms with E-state index in [0.717, 1.165) is 42.6 Å². The van der Waals surface area contributed by atoms with Gasteiger partial charge < -0.3 is 10.4 Å². The van der Waals surface area contributed by atoms with Crippen molar-refractivity contribution in [3.05, 3.63) is 72.9 Å². The van der Waals surface area contributed by atoms with Gasteiger partial charge in [-0.2, -0.15) is 13.2 Å². The number of nitro groups is 1. The summed E-state index contributed by atoms with van der Waals surface area (Å²) in [7, 11) is 0. The van der Waals surface area contributed by atoms with Gasteiger partial charge in [0.05, 0.1) is 22.6 Å². The van der Waals surface area contributed by atoms with Crippen LogP contribution in [0.4, 0.5) is 30.2 Å². The van der Waals surface area contributed by atoms with Crippen molar-refractivity contribution in [1.82, 2.24) is 4.65 Å². The fourth-order valence-electron chi connectivity index (χ4n) is 3.07. The second kappa shape index (κ2) is 4.90. The molecule has 26 heavy (non-hydrogen) atoms. The van der Waals surface area contributed by atoms with Crippen molar-refractivity contribution in [3.8, 4) is 0 Å². The molecule has 132 valence electrons. The molecule has 0 fully saturated rings. The zero-order chi connectivity index (χ0) is 18.9. The Morgan fingerprint density at radius 3 is 2.46 bits per heavy atom. The van der Waals surface area contributed by atoms with Crippen molar-refractivity contribution in [1.29, 1.82) is 0 Å². The summed E-state index contributed by atoms with van der Waals surface area (Å²) in [5.41, 5.74) is -1.52.